The van der Waals surface area contributed by atoms with Crippen LogP contribution in [0.1, 0.15) is 43.4 Å². The number of aromatic nitrogens is 2. The Kier molecular flexibility index (Phi) is 4.57. The average Bonchev–Trinajstić information content (AvgIpc) is 2.98. The van der Waals surface area contributed by atoms with E-state index in [0.29, 0.717) is 48.9 Å². The molecule has 1 aromatic heterocycles. The number of amides is 2. The monoisotopic (exact) mass is 342 g/mol. The average molecular weight is 342 g/mol. The number of hydrogen-bond donors (Lipinski definition) is 1. The van der Waals surface area contributed by atoms with Crippen molar-refractivity contribution >= 4 is 11.8 Å². The molecule has 1 aliphatic rings. The maximum atomic E-state index is 13.0. The summed E-state index contributed by atoms with van der Waals surface area (Å²) in [5, 5.41) is 6.81. The Bertz CT molecular complexity index is 792. The van der Waals surface area contributed by atoms with E-state index in [-0.39, 0.29) is 17.2 Å². The number of hydrogen-bond acceptors (Lipinski definition) is 5. The van der Waals surface area contributed by atoms with Crippen LogP contribution in [0.4, 0.5) is 0 Å². The number of nitrogens with zero attached hydrogens (tertiary/aromatic N) is 3. The summed E-state index contributed by atoms with van der Waals surface area (Å²) in [5.74, 6) is 0.755. The van der Waals surface area contributed by atoms with Gasteiger partial charge in [0.05, 0.1) is 11.1 Å². The molecule has 1 aromatic carbocycles. The molecule has 0 spiro atoms. The molecule has 2 heterocycles. The van der Waals surface area contributed by atoms with Crippen molar-refractivity contribution in [2.24, 2.45) is 0 Å². The second-order valence-electron chi connectivity index (χ2n) is 7.11. The van der Waals surface area contributed by atoms with Gasteiger partial charge in [-0.25, -0.2) is 0 Å². The fourth-order valence-electron chi connectivity index (χ4n) is 2.63. The van der Waals surface area contributed by atoms with E-state index in [9.17, 15) is 9.59 Å². The van der Waals surface area contributed by atoms with Crippen LogP contribution in [0.25, 0.3) is 11.5 Å². The molecule has 0 bridgehead atoms. The first-order valence-corrected chi connectivity index (χ1v) is 8.36. The third-order valence-corrected chi connectivity index (χ3v) is 4.08. The van der Waals surface area contributed by atoms with Crippen LogP contribution in [0.5, 0.6) is 0 Å². The quantitative estimate of drug-likeness (QED) is 0.902. The maximum absolute atomic E-state index is 13.0. The number of nitrogens with one attached hydrogen (secondary N) is 1. The molecular weight excluding hydrogens is 320 g/mol. The van der Waals surface area contributed by atoms with Gasteiger partial charge >= 0.3 is 0 Å². The first kappa shape index (κ1) is 17.1. The van der Waals surface area contributed by atoms with Crippen LogP contribution < -0.4 is 5.32 Å². The highest BCUT2D eigenvalue weighted by atomic mass is 16.5. The van der Waals surface area contributed by atoms with Gasteiger partial charge in [-0.1, -0.05) is 38.1 Å². The molecule has 0 unspecified atom stereocenters. The first-order valence-electron chi connectivity index (χ1n) is 8.36. The van der Waals surface area contributed by atoms with E-state index in [4.69, 9.17) is 4.52 Å². The van der Waals surface area contributed by atoms with Gasteiger partial charge in [0.2, 0.25) is 5.91 Å². The molecule has 3 rings (SSSR count). The lowest BCUT2D eigenvalue weighted by atomic mass is 9.96. The molecule has 2 aromatic rings. The number of benzene rings is 1. The SMILES string of the molecule is CC(C)(C)c1noc(-c2ccccc2C(=O)N2CCNC(=O)CC2)n1. The summed E-state index contributed by atoms with van der Waals surface area (Å²) in [4.78, 5) is 30.6. The predicted molar refractivity (Wildman–Crippen MR) is 92.0 cm³/mol. The van der Waals surface area contributed by atoms with Crippen molar-refractivity contribution in [3.8, 4) is 11.5 Å². The van der Waals surface area contributed by atoms with Gasteiger partial charge in [-0.3, -0.25) is 9.59 Å². The molecule has 132 valence electrons. The Morgan fingerprint density at radius 2 is 2.00 bits per heavy atom. The van der Waals surface area contributed by atoms with Crippen LogP contribution in [0.3, 0.4) is 0 Å². The van der Waals surface area contributed by atoms with Crippen molar-refractivity contribution < 1.29 is 14.1 Å². The van der Waals surface area contributed by atoms with Crippen molar-refractivity contribution in [2.75, 3.05) is 19.6 Å². The van der Waals surface area contributed by atoms with Gasteiger partial charge in [0.15, 0.2) is 5.82 Å². The fourth-order valence-corrected chi connectivity index (χ4v) is 2.63. The normalized spacial score (nSPS) is 15.6. The van der Waals surface area contributed by atoms with Crippen LogP contribution in [-0.4, -0.2) is 46.5 Å². The molecule has 1 saturated heterocycles. The second kappa shape index (κ2) is 6.66. The predicted octanol–water partition coefficient (Wildman–Crippen LogP) is 2.00. The lowest BCUT2D eigenvalue weighted by Gasteiger charge is -2.20. The minimum atomic E-state index is -0.239. The van der Waals surface area contributed by atoms with Gasteiger partial charge in [0.25, 0.3) is 11.8 Å². The Hall–Kier alpha value is -2.70. The number of carbonyl (C=O) groups is 2. The first-order chi connectivity index (χ1) is 11.9. The molecular formula is C18H22N4O3. The van der Waals surface area contributed by atoms with E-state index < -0.39 is 0 Å². The van der Waals surface area contributed by atoms with Crippen molar-refractivity contribution in [2.45, 2.75) is 32.6 Å². The van der Waals surface area contributed by atoms with Crippen molar-refractivity contribution in [1.29, 1.82) is 0 Å². The summed E-state index contributed by atoms with van der Waals surface area (Å²) in [7, 11) is 0. The summed E-state index contributed by atoms with van der Waals surface area (Å²) in [6, 6.07) is 7.19. The van der Waals surface area contributed by atoms with Gasteiger partial charge in [0, 0.05) is 31.5 Å². The van der Waals surface area contributed by atoms with Crippen molar-refractivity contribution in [3.05, 3.63) is 35.7 Å². The highest BCUT2D eigenvalue weighted by molar-refractivity contribution is 6.00. The Labute approximate surface area is 146 Å². The second-order valence-corrected chi connectivity index (χ2v) is 7.11. The molecule has 1 aliphatic heterocycles. The zero-order valence-electron chi connectivity index (χ0n) is 14.7. The minimum absolute atomic E-state index is 0.0321. The molecule has 25 heavy (non-hydrogen) atoms. The molecule has 0 aliphatic carbocycles. The van der Waals surface area contributed by atoms with E-state index in [2.05, 4.69) is 15.5 Å². The summed E-state index contributed by atoms with van der Waals surface area (Å²) in [6.07, 6.45) is 0.308. The number of rotatable bonds is 2. The zero-order chi connectivity index (χ0) is 18.0. The highest BCUT2D eigenvalue weighted by Crippen LogP contribution is 2.27. The molecule has 7 heteroatoms. The lowest BCUT2D eigenvalue weighted by molar-refractivity contribution is -0.120. The Morgan fingerprint density at radius 3 is 2.72 bits per heavy atom. The Morgan fingerprint density at radius 1 is 1.24 bits per heavy atom. The molecule has 0 radical (unpaired) electrons. The summed E-state index contributed by atoms with van der Waals surface area (Å²) in [6.45, 7) is 7.34. The topological polar surface area (TPSA) is 88.3 Å². The maximum Gasteiger partial charge on any atom is 0.258 e. The van der Waals surface area contributed by atoms with E-state index in [1.807, 2.05) is 26.8 Å². The third kappa shape index (κ3) is 3.70. The van der Waals surface area contributed by atoms with Crippen LogP contribution in [-0.2, 0) is 10.2 Å². The molecule has 1 fully saturated rings. The summed E-state index contributed by atoms with van der Waals surface area (Å²) >= 11 is 0. The standard InChI is InChI=1S/C18H22N4O3/c1-18(2,3)17-20-15(25-21-17)12-6-4-5-7-13(12)16(24)22-10-8-14(23)19-9-11-22/h4-7H,8-11H2,1-3H3,(H,19,23). The van der Waals surface area contributed by atoms with Crippen molar-refractivity contribution in [1.82, 2.24) is 20.4 Å². The summed E-state index contributed by atoms with van der Waals surface area (Å²) < 4.78 is 5.40. The highest BCUT2D eigenvalue weighted by Gasteiger charge is 2.26. The third-order valence-electron chi connectivity index (χ3n) is 4.08. The largest absolute Gasteiger partial charge is 0.354 e. The molecule has 0 atom stereocenters. The van der Waals surface area contributed by atoms with Crippen LogP contribution in [0, 0.1) is 0 Å². The minimum Gasteiger partial charge on any atom is -0.354 e. The smallest absolute Gasteiger partial charge is 0.258 e. The van der Waals surface area contributed by atoms with Crippen LogP contribution >= 0.6 is 0 Å². The zero-order valence-corrected chi connectivity index (χ0v) is 14.7. The van der Waals surface area contributed by atoms with Gasteiger partial charge < -0.3 is 14.7 Å². The van der Waals surface area contributed by atoms with Gasteiger partial charge in [0.1, 0.15) is 0 Å². The molecule has 0 saturated carbocycles. The molecule has 1 N–H and O–H groups in total. The summed E-state index contributed by atoms with van der Waals surface area (Å²) in [5.41, 5.74) is 0.873. The van der Waals surface area contributed by atoms with Gasteiger partial charge in [-0.15, -0.1) is 0 Å². The lowest BCUT2D eigenvalue weighted by Crippen LogP contribution is -2.34. The molecule has 2 amide bonds. The number of carbonyl (C=O) groups excluding carboxylic acids is 2. The molecule has 7 nitrogen and oxygen atoms in total. The van der Waals surface area contributed by atoms with Crippen molar-refractivity contribution in [3.63, 3.8) is 0 Å². The Balaban J connectivity index is 1.92. The van der Waals surface area contributed by atoms with E-state index >= 15 is 0 Å². The fraction of sp³-hybridized carbons (Fsp3) is 0.444. The van der Waals surface area contributed by atoms with Gasteiger partial charge in [-0.05, 0) is 12.1 Å². The van der Waals surface area contributed by atoms with E-state index in [1.165, 1.54) is 0 Å². The van der Waals surface area contributed by atoms with E-state index in [0.717, 1.165) is 0 Å². The van der Waals surface area contributed by atoms with E-state index in [1.54, 1.807) is 23.1 Å². The van der Waals surface area contributed by atoms with Crippen LogP contribution in [0.2, 0.25) is 0 Å². The van der Waals surface area contributed by atoms with Gasteiger partial charge in [-0.2, -0.15) is 4.98 Å². The van der Waals surface area contributed by atoms with Crippen LogP contribution in [0.15, 0.2) is 28.8 Å².